The Morgan fingerprint density at radius 3 is 2.67 bits per heavy atom. The zero-order valence-electron chi connectivity index (χ0n) is 19.8. The van der Waals surface area contributed by atoms with E-state index in [0.717, 1.165) is 24.2 Å². The van der Waals surface area contributed by atoms with E-state index in [4.69, 9.17) is 14.5 Å². The number of carbonyl (C=O) groups excluding carboxylic acids is 1. The summed E-state index contributed by atoms with van der Waals surface area (Å²) in [5.41, 5.74) is 5.24. The molecule has 1 heterocycles. The number of aromatic nitrogens is 2. The van der Waals surface area contributed by atoms with Crippen LogP contribution in [0.5, 0.6) is 5.75 Å². The summed E-state index contributed by atoms with van der Waals surface area (Å²) in [4.78, 5) is 22.0. The Kier molecular flexibility index (Phi) is 6.36. The van der Waals surface area contributed by atoms with Gasteiger partial charge >= 0.3 is 5.97 Å². The molecule has 1 aliphatic rings. The molecule has 1 N–H and O–H groups in total. The lowest BCUT2D eigenvalue weighted by Crippen LogP contribution is -2.15. The fourth-order valence-electron chi connectivity index (χ4n) is 4.17. The van der Waals surface area contributed by atoms with E-state index >= 15 is 0 Å². The Morgan fingerprint density at radius 2 is 1.97 bits per heavy atom. The second-order valence-electron chi connectivity index (χ2n) is 8.84. The smallest absolute Gasteiger partial charge is 0.343 e. The highest BCUT2D eigenvalue weighted by Gasteiger charge is 2.30. The van der Waals surface area contributed by atoms with Crippen LogP contribution in [0.1, 0.15) is 59.9 Å². The van der Waals surface area contributed by atoms with Crippen molar-refractivity contribution in [3.63, 3.8) is 0 Å². The standard InChI is InChI=1S/C27H29N3O3/c1-6-33-26(31)23-17(2)29-24(20-9-12-22-19(15-20)13-14-27(22,3)4)30-25(23)28-16-18-7-10-21(32-5)11-8-18/h7-8,10-12H,6,13-14,16H2,1-5H3,(H,28,29,30). The molecule has 0 saturated carbocycles. The lowest BCUT2D eigenvalue weighted by Gasteiger charge is -2.18. The van der Waals surface area contributed by atoms with E-state index in [1.54, 1.807) is 21.0 Å². The van der Waals surface area contributed by atoms with Gasteiger partial charge in [0.15, 0.2) is 5.82 Å². The summed E-state index contributed by atoms with van der Waals surface area (Å²) in [5, 5.41) is 3.30. The second-order valence-corrected chi connectivity index (χ2v) is 8.84. The molecule has 1 aliphatic carbocycles. The Bertz CT molecular complexity index is 1170. The predicted molar refractivity (Wildman–Crippen MR) is 128 cm³/mol. The number of carbonyl (C=O) groups is 1. The van der Waals surface area contributed by atoms with Crippen LogP contribution in [0.4, 0.5) is 5.82 Å². The number of fused-ring (bicyclic) bond motifs is 1. The molecular formula is C27H29N3O3. The van der Waals surface area contributed by atoms with Crippen molar-refractivity contribution in [1.29, 1.82) is 0 Å². The third kappa shape index (κ3) is 4.70. The van der Waals surface area contributed by atoms with Gasteiger partial charge in [0.1, 0.15) is 17.1 Å². The van der Waals surface area contributed by atoms with Gasteiger partial charge in [-0.3, -0.25) is 0 Å². The van der Waals surface area contributed by atoms with E-state index in [9.17, 15) is 4.79 Å². The highest BCUT2D eigenvalue weighted by molar-refractivity contribution is 5.96. The van der Waals surface area contributed by atoms with Crippen molar-refractivity contribution in [3.05, 3.63) is 70.4 Å². The average Bonchev–Trinajstić information content (AvgIpc) is 3.11. The summed E-state index contributed by atoms with van der Waals surface area (Å²) in [6.07, 6.45) is 2.07. The summed E-state index contributed by atoms with van der Waals surface area (Å²) in [6.45, 7) is 8.83. The van der Waals surface area contributed by atoms with E-state index < -0.39 is 5.97 Å². The predicted octanol–water partition coefficient (Wildman–Crippen LogP) is 5.07. The zero-order chi connectivity index (χ0) is 23.6. The van der Waals surface area contributed by atoms with Crippen LogP contribution in [0, 0.1) is 19.1 Å². The minimum absolute atomic E-state index is 0.135. The maximum absolute atomic E-state index is 12.7. The molecule has 0 saturated heterocycles. The monoisotopic (exact) mass is 443 g/mol. The van der Waals surface area contributed by atoms with Crippen LogP contribution in [0.3, 0.4) is 0 Å². The Balaban J connectivity index is 1.69. The summed E-state index contributed by atoms with van der Waals surface area (Å²) in [7, 11) is 1.64. The van der Waals surface area contributed by atoms with Gasteiger partial charge in [-0.05, 0) is 79.1 Å². The Labute approximate surface area is 195 Å². The van der Waals surface area contributed by atoms with E-state index in [0.29, 0.717) is 35.0 Å². The van der Waals surface area contributed by atoms with Crippen molar-refractivity contribution in [2.75, 3.05) is 19.0 Å². The molecule has 0 amide bonds. The quantitative estimate of drug-likeness (QED) is 0.514. The van der Waals surface area contributed by atoms with Gasteiger partial charge in [-0.2, -0.15) is 0 Å². The van der Waals surface area contributed by atoms with E-state index in [-0.39, 0.29) is 12.0 Å². The van der Waals surface area contributed by atoms with Crippen LogP contribution in [-0.4, -0.2) is 29.7 Å². The number of aryl methyl sites for hydroxylation is 2. The van der Waals surface area contributed by atoms with Crippen molar-refractivity contribution >= 4 is 11.8 Å². The van der Waals surface area contributed by atoms with Crippen molar-refractivity contribution in [1.82, 2.24) is 9.97 Å². The number of esters is 1. The van der Waals surface area contributed by atoms with Crippen molar-refractivity contribution in [3.8, 4) is 17.1 Å². The van der Waals surface area contributed by atoms with Gasteiger partial charge in [0.25, 0.3) is 0 Å². The largest absolute Gasteiger partial charge is 0.497 e. The van der Waals surface area contributed by atoms with Gasteiger partial charge in [0.05, 0.1) is 19.4 Å². The molecule has 4 rings (SSSR count). The van der Waals surface area contributed by atoms with E-state index in [1.165, 1.54) is 11.1 Å². The number of hydrogen-bond acceptors (Lipinski definition) is 6. The molecule has 0 unspecified atom stereocenters. The first-order chi connectivity index (χ1) is 15.8. The molecule has 2 radical (unpaired) electrons. The highest BCUT2D eigenvalue weighted by Crippen LogP contribution is 2.39. The minimum Gasteiger partial charge on any atom is -0.497 e. The van der Waals surface area contributed by atoms with Gasteiger partial charge < -0.3 is 14.8 Å². The molecule has 3 aromatic rings. The Hall–Kier alpha value is -3.41. The fourth-order valence-corrected chi connectivity index (χ4v) is 4.17. The van der Waals surface area contributed by atoms with Gasteiger partial charge in [-0.1, -0.05) is 26.0 Å². The lowest BCUT2D eigenvalue weighted by molar-refractivity contribution is 0.0525. The topological polar surface area (TPSA) is 73.3 Å². The van der Waals surface area contributed by atoms with Gasteiger partial charge in [-0.25, -0.2) is 14.8 Å². The normalized spacial score (nSPS) is 14.0. The number of hydrogen-bond donors (Lipinski definition) is 1. The number of anilines is 1. The summed E-state index contributed by atoms with van der Waals surface area (Å²) in [5.74, 6) is 1.28. The zero-order valence-corrected chi connectivity index (χ0v) is 19.8. The molecule has 0 spiro atoms. The molecule has 1 aromatic heterocycles. The van der Waals surface area contributed by atoms with Crippen LogP contribution in [0.2, 0.25) is 0 Å². The van der Waals surface area contributed by atoms with Crippen LogP contribution in [-0.2, 0) is 23.1 Å². The molecule has 0 aliphatic heterocycles. The molecule has 0 fully saturated rings. The summed E-state index contributed by atoms with van der Waals surface area (Å²) in [6, 6.07) is 16.6. The van der Waals surface area contributed by atoms with Gasteiger partial charge in [0, 0.05) is 12.1 Å². The fraction of sp³-hybridized carbons (Fsp3) is 0.370. The molecule has 2 aromatic carbocycles. The number of nitrogens with zero attached hydrogens (tertiary/aromatic N) is 2. The molecule has 33 heavy (non-hydrogen) atoms. The molecule has 6 nitrogen and oxygen atoms in total. The SMILES string of the molecule is CCOC(=O)c1c(C)nc(-c2[c]cc3c([c]2)CCC3(C)C)nc1NCc1ccc(OC)cc1. The van der Waals surface area contributed by atoms with Crippen LogP contribution in [0.15, 0.2) is 30.3 Å². The van der Waals surface area contributed by atoms with Gasteiger partial charge in [0.2, 0.25) is 0 Å². The van der Waals surface area contributed by atoms with Crippen molar-refractivity contribution in [2.24, 2.45) is 0 Å². The first-order valence-electron chi connectivity index (χ1n) is 11.2. The highest BCUT2D eigenvalue weighted by atomic mass is 16.5. The average molecular weight is 444 g/mol. The third-order valence-corrected chi connectivity index (χ3v) is 6.10. The summed E-state index contributed by atoms with van der Waals surface area (Å²) < 4.78 is 10.5. The third-order valence-electron chi connectivity index (χ3n) is 6.10. The Morgan fingerprint density at radius 1 is 1.21 bits per heavy atom. The maximum atomic E-state index is 12.7. The number of benzene rings is 2. The van der Waals surface area contributed by atoms with Crippen molar-refractivity contribution < 1.29 is 14.3 Å². The number of nitrogens with one attached hydrogen (secondary N) is 1. The van der Waals surface area contributed by atoms with Crippen LogP contribution in [0.25, 0.3) is 11.4 Å². The van der Waals surface area contributed by atoms with E-state index in [2.05, 4.69) is 36.3 Å². The molecule has 0 atom stereocenters. The number of ether oxygens (including phenoxy) is 2. The van der Waals surface area contributed by atoms with Crippen molar-refractivity contribution in [2.45, 2.75) is 52.5 Å². The summed E-state index contributed by atoms with van der Waals surface area (Å²) >= 11 is 0. The molecule has 6 heteroatoms. The van der Waals surface area contributed by atoms with E-state index in [1.807, 2.05) is 30.3 Å². The first-order valence-corrected chi connectivity index (χ1v) is 11.2. The number of methoxy groups -OCH3 is 1. The number of rotatable bonds is 7. The first kappa shape index (κ1) is 22.8. The maximum Gasteiger partial charge on any atom is 0.343 e. The van der Waals surface area contributed by atoms with Crippen LogP contribution >= 0.6 is 0 Å². The molecule has 170 valence electrons. The molecule has 0 bridgehead atoms. The van der Waals surface area contributed by atoms with Crippen LogP contribution < -0.4 is 10.1 Å². The second kappa shape index (κ2) is 9.22. The minimum atomic E-state index is -0.442. The van der Waals surface area contributed by atoms with Gasteiger partial charge in [-0.15, -0.1) is 0 Å². The lowest BCUT2D eigenvalue weighted by atomic mass is 9.86. The molecular weight excluding hydrogens is 414 g/mol.